The third-order valence-electron chi connectivity index (χ3n) is 4.48. The van der Waals surface area contributed by atoms with Crippen molar-refractivity contribution in [2.75, 3.05) is 0 Å². The van der Waals surface area contributed by atoms with E-state index in [1.165, 1.54) is 0 Å². The molecule has 1 atom stereocenters. The molecule has 0 saturated carbocycles. The molecule has 0 aliphatic heterocycles. The molecule has 0 aliphatic carbocycles. The van der Waals surface area contributed by atoms with E-state index >= 15 is 0 Å². The lowest BCUT2D eigenvalue weighted by Crippen LogP contribution is -2.75. The molecule has 0 heterocycles. The fourth-order valence-electron chi connectivity index (χ4n) is 1.70. The highest BCUT2D eigenvalue weighted by Gasteiger charge is 2.96. The van der Waals surface area contributed by atoms with Crippen LogP contribution >= 0.6 is 0 Å². The highest BCUT2D eigenvalue weighted by Crippen LogP contribution is 2.64. The van der Waals surface area contributed by atoms with E-state index in [2.05, 4.69) is 4.74 Å². The van der Waals surface area contributed by atoms with Crippen LogP contribution in [0.3, 0.4) is 0 Å². The Morgan fingerprint density at radius 1 is 0.529 bits per heavy atom. The summed E-state index contributed by atoms with van der Waals surface area (Å²) in [6, 6.07) is 0. The second-order valence-electron chi connectivity index (χ2n) is 7.93. The Hall–Kier alpha value is -1.72. The lowest BCUT2D eigenvalue weighted by atomic mass is 9.88. The van der Waals surface area contributed by atoms with Crippen molar-refractivity contribution >= 4 is 5.97 Å². The number of halogens is 17. The van der Waals surface area contributed by atoms with Crippen LogP contribution < -0.4 is 0 Å². The molecule has 0 spiro atoms. The smallest absolute Gasteiger partial charge is 0.458 e. The lowest BCUT2D eigenvalue weighted by molar-refractivity contribution is -0.460. The molecule has 0 radical (unpaired) electrons. The first-order valence-corrected chi connectivity index (χ1v) is 8.22. The zero-order chi connectivity index (χ0) is 28.4. The summed E-state index contributed by atoms with van der Waals surface area (Å²) in [5.41, 5.74) is -1.41. The number of carbonyl (C=O) groups is 1. The molecule has 0 fully saturated rings. The van der Waals surface area contributed by atoms with Gasteiger partial charge >= 0.3 is 53.6 Å². The highest BCUT2D eigenvalue weighted by atomic mass is 19.4. The van der Waals surface area contributed by atoms with Crippen LogP contribution in [0.2, 0.25) is 0 Å². The van der Waals surface area contributed by atoms with Gasteiger partial charge in [0.2, 0.25) is 0 Å². The van der Waals surface area contributed by atoms with Gasteiger partial charge in [0.05, 0.1) is 0 Å². The quantitative estimate of drug-likeness (QED) is 0.242. The molecule has 34 heavy (non-hydrogen) atoms. The Labute approximate surface area is 178 Å². The van der Waals surface area contributed by atoms with Gasteiger partial charge in [-0.05, 0) is 12.3 Å². The van der Waals surface area contributed by atoms with Gasteiger partial charge in [-0.1, -0.05) is 20.8 Å². The molecule has 2 nitrogen and oxygen atoms in total. The van der Waals surface area contributed by atoms with Crippen molar-refractivity contribution in [3.05, 3.63) is 0 Å². The number of ether oxygens (including phenoxy) is 1. The largest absolute Gasteiger partial charge is 0.460 e. The van der Waals surface area contributed by atoms with Gasteiger partial charge in [-0.15, -0.1) is 0 Å². The molecule has 19 heteroatoms. The van der Waals surface area contributed by atoms with E-state index in [-0.39, 0.29) is 0 Å². The van der Waals surface area contributed by atoms with E-state index < -0.39 is 65.1 Å². The van der Waals surface area contributed by atoms with Crippen molar-refractivity contribution in [3.8, 4) is 0 Å². The predicted octanol–water partition coefficient (Wildman–Crippen LogP) is 6.97. The van der Waals surface area contributed by atoms with Crippen LogP contribution in [0.1, 0.15) is 27.7 Å². The van der Waals surface area contributed by atoms with Crippen LogP contribution in [0, 0.1) is 5.41 Å². The first-order valence-electron chi connectivity index (χ1n) is 8.22. The molecular formula is C15H13F17O2. The van der Waals surface area contributed by atoms with Crippen LogP contribution in [-0.4, -0.2) is 59.7 Å². The Bertz CT molecular complexity index is 760. The minimum absolute atomic E-state index is 0.687. The molecule has 0 aromatic rings. The monoisotopic (exact) mass is 548 g/mol. The summed E-state index contributed by atoms with van der Waals surface area (Å²) in [4.78, 5) is 11.2. The fourth-order valence-corrected chi connectivity index (χ4v) is 1.70. The number of hydrogen-bond donors (Lipinski definition) is 0. The number of hydrogen-bond acceptors (Lipinski definition) is 2. The Kier molecular flexibility index (Phi) is 7.75. The van der Waals surface area contributed by atoms with Gasteiger partial charge < -0.3 is 4.74 Å². The average Bonchev–Trinajstić information content (AvgIpc) is 2.58. The molecular weight excluding hydrogens is 535 g/mol. The second-order valence-corrected chi connectivity index (χ2v) is 7.93. The van der Waals surface area contributed by atoms with E-state index in [9.17, 15) is 79.4 Å². The van der Waals surface area contributed by atoms with Crippen LogP contribution in [0.4, 0.5) is 74.6 Å². The average molecular weight is 548 g/mol. The first kappa shape index (κ1) is 32.3. The summed E-state index contributed by atoms with van der Waals surface area (Å²) in [7, 11) is 0. The summed E-state index contributed by atoms with van der Waals surface area (Å²) in [5.74, 6) is -61.9. The molecule has 0 saturated heterocycles. The minimum Gasteiger partial charge on any atom is -0.458 e. The van der Waals surface area contributed by atoms with Crippen molar-refractivity contribution in [2.45, 2.75) is 81.4 Å². The van der Waals surface area contributed by atoms with E-state index in [1.54, 1.807) is 0 Å². The zero-order valence-electron chi connectivity index (χ0n) is 16.8. The maximum Gasteiger partial charge on any atom is 0.460 e. The summed E-state index contributed by atoms with van der Waals surface area (Å²) >= 11 is 0. The molecule has 0 amide bonds. The highest BCUT2D eigenvalue weighted by molar-refractivity contribution is 5.79. The van der Waals surface area contributed by atoms with Crippen LogP contribution in [0.5, 0.6) is 0 Å². The van der Waals surface area contributed by atoms with Gasteiger partial charge in [0, 0.05) is 0 Å². The fraction of sp³-hybridized carbons (Fsp3) is 0.933. The molecule has 0 aromatic heterocycles. The summed E-state index contributed by atoms with van der Waals surface area (Å²) in [6.07, 6.45) is -9.71. The lowest BCUT2D eigenvalue weighted by Gasteiger charge is -2.42. The molecule has 0 bridgehead atoms. The summed E-state index contributed by atoms with van der Waals surface area (Å²) in [5, 5.41) is 0. The van der Waals surface area contributed by atoms with Crippen molar-refractivity contribution in [1.29, 1.82) is 0 Å². The van der Waals surface area contributed by atoms with E-state index in [1.807, 2.05) is 0 Å². The summed E-state index contributed by atoms with van der Waals surface area (Å²) in [6.45, 7) is 3.92. The van der Waals surface area contributed by atoms with Crippen molar-refractivity contribution in [1.82, 2.24) is 0 Å². The van der Waals surface area contributed by atoms with Gasteiger partial charge in [-0.3, -0.25) is 0 Å². The van der Waals surface area contributed by atoms with Gasteiger partial charge in [0.15, 0.2) is 0 Å². The molecule has 0 N–H and O–H groups in total. The topological polar surface area (TPSA) is 26.3 Å². The van der Waals surface area contributed by atoms with Gasteiger partial charge in [-0.25, -0.2) is 4.79 Å². The third-order valence-corrected chi connectivity index (χ3v) is 4.48. The summed E-state index contributed by atoms with van der Waals surface area (Å²) < 4.78 is 227. The van der Waals surface area contributed by atoms with Crippen molar-refractivity contribution in [2.24, 2.45) is 5.41 Å². The molecule has 0 aliphatic rings. The van der Waals surface area contributed by atoms with Crippen LogP contribution in [0.25, 0.3) is 0 Å². The Morgan fingerprint density at radius 3 is 1.06 bits per heavy atom. The number of rotatable bonds is 8. The maximum atomic E-state index is 13.7. The first-order chi connectivity index (χ1) is 14.3. The Balaban J connectivity index is 6.69. The van der Waals surface area contributed by atoms with Crippen molar-refractivity contribution < 1.29 is 84.2 Å². The maximum absolute atomic E-state index is 13.7. The van der Waals surface area contributed by atoms with E-state index in [0.29, 0.717) is 6.92 Å². The SMILES string of the molecule is CC(OC(=O)C(F)(F)C(F)(F)C(F)(F)C(F)(F)C(F)(F)C(F)(F)C(F)(F)C(F)(F)F)C(C)(C)C. The molecule has 1 unspecified atom stereocenters. The predicted molar refractivity (Wildman–Crippen MR) is 75.7 cm³/mol. The van der Waals surface area contributed by atoms with Crippen molar-refractivity contribution in [3.63, 3.8) is 0 Å². The van der Waals surface area contributed by atoms with Crippen LogP contribution in [-0.2, 0) is 9.53 Å². The van der Waals surface area contributed by atoms with Gasteiger partial charge in [-0.2, -0.15) is 74.6 Å². The standard InChI is InChI=1S/C15H13F17O2/c1-5(7(2,3)4)34-6(33)8(16,17)9(18,19)10(20,21)11(22,23)12(24,25)13(26,27)14(28,29)15(30,31)32/h5H,1-4H3. The van der Waals surface area contributed by atoms with Gasteiger partial charge in [0.25, 0.3) is 0 Å². The van der Waals surface area contributed by atoms with Gasteiger partial charge in [0.1, 0.15) is 6.10 Å². The Morgan fingerprint density at radius 2 is 0.794 bits per heavy atom. The number of esters is 1. The molecule has 0 rings (SSSR count). The van der Waals surface area contributed by atoms with E-state index in [4.69, 9.17) is 0 Å². The third kappa shape index (κ3) is 4.35. The minimum atomic E-state index is -8.75. The zero-order valence-corrected chi connectivity index (χ0v) is 16.8. The second kappa shape index (κ2) is 8.16. The van der Waals surface area contributed by atoms with E-state index in [0.717, 1.165) is 20.8 Å². The van der Waals surface area contributed by atoms with Crippen LogP contribution in [0.15, 0.2) is 0 Å². The molecule has 0 aromatic carbocycles. The number of alkyl halides is 17. The normalized spacial score (nSPS) is 17.0. The number of carbonyl (C=O) groups excluding carboxylic acids is 1. The molecule has 204 valence electrons.